The minimum Gasteiger partial charge on any atom is -0.494 e. The van der Waals surface area contributed by atoms with Crippen molar-refractivity contribution in [2.24, 2.45) is 0 Å². The van der Waals surface area contributed by atoms with Crippen molar-refractivity contribution in [3.8, 4) is 5.75 Å². The third-order valence-corrected chi connectivity index (χ3v) is 5.25. The van der Waals surface area contributed by atoms with Crippen LogP contribution in [-0.4, -0.2) is 24.3 Å². The Morgan fingerprint density at radius 3 is 2.56 bits per heavy atom. The van der Waals surface area contributed by atoms with Crippen molar-refractivity contribution in [1.29, 1.82) is 0 Å². The predicted molar refractivity (Wildman–Crippen MR) is 109 cm³/mol. The fourth-order valence-electron chi connectivity index (χ4n) is 3.29. The number of benzene rings is 2. The van der Waals surface area contributed by atoms with Crippen LogP contribution in [0.25, 0.3) is 10.9 Å². The summed E-state index contributed by atoms with van der Waals surface area (Å²) in [6, 6.07) is 12.0. The topological polar surface area (TPSA) is 40.5 Å². The molecule has 0 saturated heterocycles. The van der Waals surface area contributed by atoms with Crippen LogP contribution in [0.1, 0.15) is 23.1 Å². The molecule has 3 rings (SSSR count). The smallest absolute Gasteiger partial charge is 0.310 e. The van der Waals surface area contributed by atoms with Gasteiger partial charge in [-0.2, -0.15) is 0 Å². The van der Waals surface area contributed by atoms with Crippen LogP contribution >= 0.6 is 11.6 Å². The first-order valence-electron chi connectivity index (χ1n) is 9.02. The van der Waals surface area contributed by atoms with Gasteiger partial charge in [0.15, 0.2) is 0 Å². The van der Waals surface area contributed by atoms with Crippen molar-refractivity contribution in [2.45, 2.75) is 33.2 Å². The first-order chi connectivity index (χ1) is 13.0. The van der Waals surface area contributed by atoms with Gasteiger partial charge in [-0.05, 0) is 55.2 Å². The number of hydrogen-bond acceptors (Lipinski definition) is 3. The van der Waals surface area contributed by atoms with Crippen molar-refractivity contribution >= 4 is 28.5 Å². The molecule has 0 aliphatic rings. The third kappa shape index (κ3) is 4.45. The molecule has 1 aromatic heterocycles. The molecule has 142 valence electrons. The molecule has 0 aliphatic carbocycles. The zero-order valence-electron chi connectivity index (χ0n) is 15.9. The first kappa shape index (κ1) is 19.3. The maximum absolute atomic E-state index is 11.7. The Morgan fingerprint density at radius 2 is 1.85 bits per heavy atom. The molecule has 0 saturated carbocycles. The summed E-state index contributed by atoms with van der Waals surface area (Å²) in [4.78, 5) is 11.7. The van der Waals surface area contributed by atoms with Crippen LogP contribution in [0.5, 0.6) is 5.75 Å². The zero-order chi connectivity index (χ0) is 19.4. The Labute approximate surface area is 164 Å². The van der Waals surface area contributed by atoms with Gasteiger partial charge < -0.3 is 14.0 Å². The van der Waals surface area contributed by atoms with Crippen molar-refractivity contribution in [3.63, 3.8) is 0 Å². The van der Waals surface area contributed by atoms with Crippen LogP contribution in [0.3, 0.4) is 0 Å². The van der Waals surface area contributed by atoms with Crippen LogP contribution in [0, 0.1) is 13.8 Å². The van der Waals surface area contributed by atoms with E-state index in [1.54, 1.807) is 0 Å². The predicted octanol–water partition coefficient (Wildman–Crippen LogP) is 5.10. The summed E-state index contributed by atoms with van der Waals surface area (Å²) in [6.45, 7) is 5.39. The summed E-state index contributed by atoms with van der Waals surface area (Å²) in [5, 5.41) is 1.88. The fourth-order valence-corrected chi connectivity index (χ4v) is 3.40. The van der Waals surface area contributed by atoms with Crippen molar-refractivity contribution < 1.29 is 14.3 Å². The monoisotopic (exact) mass is 385 g/mol. The largest absolute Gasteiger partial charge is 0.494 e. The summed E-state index contributed by atoms with van der Waals surface area (Å²) in [5.74, 6) is 0.618. The van der Waals surface area contributed by atoms with Crippen molar-refractivity contribution in [2.75, 3.05) is 13.7 Å². The molecule has 1 heterocycles. The average Bonchev–Trinajstić information content (AvgIpc) is 3.01. The highest BCUT2D eigenvalue weighted by Gasteiger charge is 2.12. The number of carbonyl (C=O) groups is 1. The SMILES string of the molecule is COC(=O)Cc1cn(CCCOc2cc(C)c(Cl)c(C)c2)c2ccccc12. The molecule has 0 aliphatic heterocycles. The second kappa shape index (κ2) is 8.49. The molecule has 2 aromatic carbocycles. The van der Waals surface area contributed by atoms with Crippen molar-refractivity contribution in [3.05, 3.63) is 64.3 Å². The molecule has 4 nitrogen and oxygen atoms in total. The number of para-hydroxylation sites is 1. The summed E-state index contributed by atoms with van der Waals surface area (Å²) in [5.41, 5.74) is 4.16. The molecular formula is C22H24ClNO3. The van der Waals surface area contributed by atoms with Crippen LogP contribution < -0.4 is 4.74 Å². The van der Waals surface area contributed by atoms with E-state index in [1.807, 2.05) is 50.4 Å². The van der Waals surface area contributed by atoms with E-state index < -0.39 is 0 Å². The lowest BCUT2D eigenvalue weighted by Crippen LogP contribution is -2.05. The second-order valence-corrected chi connectivity index (χ2v) is 7.07. The first-order valence-corrected chi connectivity index (χ1v) is 9.40. The van der Waals surface area contributed by atoms with Crippen molar-refractivity contribution in [1.82, 2.24) is 4.57 Å². The highest BCUT2D eigenvalue weighted by atomic mass is 35.5. The van der Waals surface area contributed by atoms with Crippen LogP contribution in [0.2, 0.25) is 5.02 Å². The maximum Gasteiger partial charge on any atom is 0.310 e. The number of ether oxygens (including phenoxy) is 2. The highest BCUT2D eigenvalue weighted by molar-refractivity contribution is 6.32. The summed E-state index contributed by atoms with van der Waals surface area (Å²) >= 11 is 6.20. The Kier molecular flexibility index (Phi) is 6.07. The number of nitrogens with zero attached hydrogens (tertiary/aromatic N) is 1. The summed E-state index contributed by atoms with van der Waals surface area (Å²) < 4.78 is 12.9. The van der Waals surface area contributed by atoms with E-state index in [0.717, 1.165) is 51.3 Å². The number of aromatic nitrogens is 1. The van der Waals surface area contributed by atoms with E-state index in [0.29, 0.717) is 6.61 Å². The van der Waals surface area contributed by atoms with E-state index in [2.05, 4.69) is 10.6 Å². The van der Waals surface area contributed by atoms with Gasteiger partial charge in [0.1, 0.15) is 5.75 Å². The zero-order valence-corrected chi connectivity index (χ0v) is 16.7. The number of esters is 1. The lowest BCUT2D eigenvalue weighted by molar-refractivity contribution is -0.139. The summed E-state index contributed by atoms with van der Waals surface area (Å²) in [7, 11) is 1.42. The Hall–Kier alpha value is -2.46. The lowest BCUT2D eigenvalue weighted by atomic mass is 10.1. The summed E-state index contributed by atoms with van der Waals surface area (Å²) in [6.07, 6.45) is 3.18. The minimum absolute atomic E-state index is 0.227. The highest BCUT2D eigenvalue weighted by Crippen LogP contribution is 2.26. The number of rotatable bonds is 7. The fraction of sp³-hybridized carbons (Fsp3) is 0.318. The van der Waals surface area contributed by atoms with Gasteiger partial charge in [-0.3, -0.25) is 4.79 Å². The number of carbonyl (C=O) groups excluding carboxylic acids is 1. The van der Waals surface area contributed by atoms with E-state index in [4.69, 9.17) is 21.1 Å². The maximum atomic E-state index is 11.7. The third-order valence-electron chi connectivity index (χ3n) is 4.66. The lowest BCUT2D eigenvalue weighted by Gasteiger charge is -2.10. The minimum atomic E-state index is -0.227. The molecular weight excluding hydrogens is 362 g/mol. The molecule has 0 unspecified atom stereocenters. The van der Waals surface area contributed by atoms with E-state index in [-0.39, 0.29) is 12.4 Å². The molecule has 0 amide bonds. The van der Waals surface area contributed by atoms with Gasteiger partial charge in [-0.15, -0.1) is 0 Å². The molecule has 0 bridgehead atoms. The molecule has 3 aromatic rings. The number of hydrogen-bond donors (Lipinski definition) is 0. The molecule has 0 N–H and O–H groups in total. The average molecular weight is 386 g/mol. The van der Waals surface area contributed by atoms with Crippen LogP contribution in [-0.2, 0) is 22.5 Å². The number of aryl methyl sites for hydroxylation is 3. The molecule has 0 atom stereocenters. The molecule has 5 heteroatoms. The van der Waals surface area contributed by atoms with Gasteiger partial charge in [-0.1, -0.05) is 29.8 Å². The Morgan fingerprint density at radius 1 is 1.15 bits per heavy atom. The molecule has 27 heavy (non-hydrogen) atoms. The van der Waals surface area contributed by atoms with Gasteiger partial charge in [0.2, 0.25) is 0 Å². The van der Waals surface area contributed by atoms with Gasteiger partial charge in [0.05, 0.1) is 20.1 Å². The van der Waals surface area contributed by atoms with Gasteiger partial charge in [0.25, 0.3) is 0 Å². The standard InChI is InChI=1S/C22H24ClNO3/c1-15-11-18(12-16(2)22(15)23)27-10-6-9-24-14-17(13-21(25)26-3)19-7-4-5-8-20(19)24/h4-5,7-8,11-12,14H,6,9-10,13H2,1-3H3. The second-order valence-electron chi connectivity index (χ2n) is 6.69. The molecule has 0 spiro atoms. The van der Waals surface area contributed by atoms with Gasteiger partial charge in [-0.25, -0.2) is 0 Å². The van der Waals surface area contributed by atoms with Gasteiger partial charge in [0, 0.05) is 28.7 Å². The number of methoxy groups -OCH3 is 1. The van der Waals surface area contributed by atoms with Crippen LogP contribution in [0.15, 0.2) is 42.6 Å². The normalized spacial score (nSPS) is 11.0. The molecule has 0 fully saturated rings. The Balaban J connectivity index is 1.66. The molecule has 0 radical (unpaired) electrons. The Bertz CT molecular complexity index is 938. The van der Waals surface area contributed by atoms with Gasteiger partial charge >= 0.3 is 5.97 Å². The van der Waals surface area contributed by atoms with E-state index in [9.17, 15) is 4.79 Å². The van der Waals surface area contributed by atoms with E-state index in [1.165, 1.54) is 7.11 Å². The number of halogens is 1. The quantitative estimate of drug-likeness (QED) is 0.420. The van der Waals surface area contributed by atoms with Crippen LogP contribution in [0.4, 0.5) is 0 Å². The van der Waals surface area contributed by atoms with E-state index >= 15 is 0 Å². The number of fused-ring (bicyclic) bond motifs is 1.